The van der Waals surface area contributed by atoms with Gasteiger partial charge in [-0.1, -0.05) is 11.8 Å². The Kier molecular flexibility index (Phi) is 3.55. The predicted octanol–water partition coefficient (Wildman–Crippen LogP) is 1.45. The lowest BCUT2D eigenvalue weighted by atomic mass is 10.2. The number of rotatable bonds is 1. The number of nitrogens with two attached hydrogens (primary N) is 1. The van der Waals surface area contributed by atoms with Gasteiger partial charge in [0.1, 0.15) is 0 Å². The Balaban J connectivity index is 2.80. The van der Waals surface area contributed by atoms with Gasteiger partial charge in [0.25, 0.3) is 0 Å². The molecule has 0 aromatic heterocycles. The topological polar surface area (TPSA) is 29.3 Å². The molecule has 0 radical (unpaired) electrons. The third kappa shape index (κ3) is 3.12. The zero-order valence-corrected chi connectivity index (χ0v) is 8.91. The van der Waals surface area contributed by atoms with Crippen LogP contribution in [0.5, 0.6) is 0 Å². The van der Waals surface area contributed by atoms with Crippen LogP contribution >= 0.6 is 0 Å². The Hall–Kier alpha value is -1.46. The molecule has 0 heterocycles. The standard InChI is InChI=1S/C12H16N2/c1-10(13)4-5-11-6-8-12(9-7-11)14(2)3/h6-10H,13H2,1-3H3. The quantitative estimate of drug-likeness (QED) is 0.676. The Morgan fingerprint density at radius 3 is 2.21 bits per heavy atom. The molecule has 1 aromatic carbocycles. The van der Waals surface area contributed by atoms with Gasteiger partial charge in [0, 0.05) is 25.3 Å². The fraction of sp³-hybridized carbons (Fsp3) is 0.333. The van der Waals surface area contributed by atoms with Crippen LogP contribution in [-0.4, -0.2) is 20.1 Å². The maximum absolute atomic E-state index is 5.54. The first kappa shape index (κ1) is 10.6. The summed E-state index contributed by atoms with van der Waals surface area (Å²) < 4.78 is 0. The second kappa shape index (κ2) is 4.69. The molecule has 14 heavy (non-hydrogen) atoms. The summed E-state index contributed by atoms with van der Waals surface area (Å²) in [6.45, 7) is 1.88. The second-order valence-electron chi connectivity index (χ2n) is 3.50. The first-order valence-electron chi connectivity index (χ1n) is 4.64. The van der Waals surface area contributed by atoms with E-state index in [1.165, 1.54) is 5.69 Å². The molecule has 0 amide bonds. The Labute approximate surface area is 85.7 Å². The van der Waals surface area contributed by atoms with Gasteiger partial charge in [-0.2, -0.15) is 0 Å². The molecule has 1 aromatic rings. The number of benzene rings is 1. The van der Waals surface area contributed by atoms with E-state index in [4.69, 9.17) is 5.73 Å². The van der Waals surface area contributed by atoms with E-state index < -0.39 is 0 Å². The monoisotopic (exact) mass is 188 g/mol. The summed E-state index contributed by atoms with van der Waals surface area (Å²) in [5, 5.41) is 0. The lowest BCUT2D eigenvalue weighted by Crippen LogP contribution is -2.11. The van der Waals surface area contributed by atoms with Crippen LogP contribution in [0.3, 0.4) is 0 Å². The number of nitrogens with zero attached hydrogens (tertiary/aromatic N) is 1. The minimum absolute atomic E-state index is 0.0662. The van der Waals surface area contributed by atoms with Gasteiger partial charge in [-0.3, -0.25) is 0 Å². The average Bonchev–Trinajstić information content (AvgIpc) is 2.15. The van der Waals surface area contributed by atoms with Crippen LogP contribution in [0.4, 0.5) is 5.69 Å². The largest absolute Gasteiger partial charge is 0.378 e. The molecule has 0 aliphatic rings. The SMILES string of the molecule is CC(N)C#Cc1ccc(N(C)C)cc1. The van der Waals surface area contributed by atoms with Crippen molar-refractivity contribution in [2.24, 2.45) is 5.73 Å². The van der Waals surface area contributed by atoms with Crippen LogP contribution in [0, 0.1) is 11.8 Å². The van der Waals surface area contributed by atoms with Crippen LogP contribution in [0.2, 0.25) is 0 Å². The van der Waals surface area contributed by atoms with E-state index >= 15 is 0 Å². The number of hydrogen-bond acceptors (Lipinski definition) is 2. The molecule has 1 rings (SSSR count). The van der Waals surface area contributed by atoms with Gasteiger partial charge in [0.2, 0.25) is 0 Å². The molecule has 1 atom stereocenters. The molecular formula is C12H16N2. The van der Waals surface area contributed by atoms with Crippen molar-refractivity contribution in [3.05, 3.63) is 29.8 Å². The molecule has 0 saturated heterocycles. The smallest absolute Gasteiger partial charge is 0.0639 e. The highest BCUT2D eigenvalue weighted by Crippen LogP contribution is 2.11. The van der Waals surface area contributed by atoms with E-state index in [2.05, 4.69) is 16.7 Å². The van der Waals surface area contributed by atoms with E-state index in [0.717, 1.165) is 5.56 Å². The highest BCUT2D eigenvalue weighted by Gasteiger charge is 1.93. The molecule has 0 aliphatic carbocycles. The van der Waals surface area contributed by atoms with Crippen molar-refractivity contribution in [3.63, 3.8) is 0 Å². The molecule has 0 spiro atoms. The third-order valence-corrected chi connectivity index (χ3v) is 1.83. The fourth-order valence-corrected chi connectivity index (χ4v) is 1.04. The zero-order valence-electron chi connectivity index (χ0n) is 8.91. The summed E-state index contributed by atoms with van der Waals surface area (Å²) in [6, 6.07) is 8.04. The molecule has 2 nitrogen and oxygen atoms in total. The molecule has 0 bridgehead atoms. The van der Waals surface area contributed by atoms with Crippen molar-refractivity contribution in [1.82, 2.24) is 0 Å². The maximum atomic E-state index is 5.54. The minimum Gasteiger partial charge on any atom is -0.378 e. The summed E-state index contributed by atoms with van der Waals surface area (Å²) >= 11 is 0. The predicted molar refractivity (Wildman–Crippen MR) is 61.3 cm³/mol. The van der Waals surface area contributed by atoms with Crippen molar-refractivity contribution in [1.29, 1.82) is 0 Å². The lowest BCUT2D eigenvalue weighted by molar-refractivity contribution is 0.959. The Morgan fingerprint density at radius 2 is 1.79 bits per heavy atom. The third-order valence-electron chi connectivity index (χ3n) is 1.83. The van der Waals surface area contributed by atoms with Gasteiger partial charge < -0.3 is 10.6 Å². The molecule has 0 fully saturated rings. The number of hydrogen-bond donors (Lipinski definition) is 1. The van der Waals surface area contributed by atoms with Crippen LogP contribution in [-0.2, 0) is 0 Å². The molecule has 2 heteroatoms. The number of anilines is 1. The van der Waals surface area contributed by atoms with Crippen molar-refractivity contribution >= 4 is 5.69 Å². The van der Waals surface area contributed by atoms with Crippen LogP contribution < -0.4 is 10.6 Å². The highest BCUT2D eigenvalue weighted by atomic mass is 15.1. The summed E-state index contributed by atoms with van der Waals surface area (Å²) in [4.78, 5) is 2.06. The van der Waals surface area contributed by atoms with Gasteiger partial charge in [-0.25, -0.2) is 0 Å². The first-order valence-corrected chi connectivity index (χ1v) is 4.64. The van der Waals surface area contributed by atoms with E-state index in [1.807, 2.05) is 45.3 Å². The van der Waals surface area contributed by atoms with E-state index in [1.54, 1.807) is 0 Å². The van der Waals surface area contributed by atoms with E-state index in [-0.39, 0.29) is 6.04 Å². The van der Waals surface area contributed by atoms with Gasteiger partial charge in [0.15, 0.2) is 0 Å². The maximum Gasteiger partial charge on any atom is 0.0639 e. The van der Waals surface area contributed by atoms with Gasteiger partial charge >= 0.3 is 0 Å². The van der Waals surface area contributed by atoms with Gasteiger partial charge in [-0.15, -0.1) is 0 Å². The zero-order chi connectivity index (χ0) is 10.6. The highest BCUT2D eigenvalue weighted by molar-refractivity contribution is 5.49. The fourth-order valence-electron chi connectivity index (χ4n) is 1.04. The first-order chi connectivity index (χ1) is 6.59. The van der Waals surface area contributed by atoms with E-state index in [0.29, 0.717) is 0 Å². The van der Waals surface area contributed by atoms with Crippen molar-refractivity contribution in [2.75, 3.05) is 19.0 Å². The summed E-state index contributed by atoms with van der Waals surface area (Å²) in [5.41, 5.74) is 7.72. The molecule has 1 unspecified atom stereocenters. The molecular weight excluding hydrogens is 172 g/mol. The summed E-state index contributed by atoms with van der Waals surface area (Å²) in [6.07, 6.45) is 0. The Bertz CT molecular complexity index is 339. The Morgan fingerprint density at radius 1 is 1.21 bits per heavy atom. The minimum atomic E-state index is -0.0662. The van der Waals surface area contributed by atoms with Crippen LogP contribution in [0.1, 0.15) is 12.5 Å². The molecule has 2 N–H and O–H groups in total. The van der Waals surface area contributed by atoms with Crippen molar-refractivity contribution < 1.29 is 0 Å². The van der Waals surface area contributed by atoms with Gasteiger partial charge in [0.05, 0.1) is 6.04 Å². The van der Waals surface area contributed by atoms with E-state index in [9.17, 15) is 0 Å². The van der Waals surface area contributed by atoms with Gasteiger partial charge in [-0.05, 0) is 31.2 Å². The van der Waals surface area contributed by atoms with Crippen LogP contribution in [0.15, 0.2) is 24.3 Å². The normalized spacial score (nSPS) is 11.4. The molecule has 0 aliphatic heterocycles. The van der Waals surface area contributed by atoms with Crippen LogP contribution in [0.25, 0.3) is 0 Å². The molecule has 0 saturated carbocycles. The van der Waals surface area contributed by atoms with Crippen molar-refractivity contribution in [3.8, 4) is 11.8 Å². The lowest BCUT2D eigenvalue weighted by Gasteiger charge is -2.11. The molecule has 74 valence electrons. The van der Waals surface area contributed by atoms with Crippen molar-refractivity contribution in [2.45, 2.75) is 13.0 Å². The summed E-state index contributed by atoms with van der Waals surface area (Å²) in [5.74, 6) is 5.94. The average molecular weight is 188 g/mol. The second-order valence-corrected chi connectivity index (χ2v) is 3.50. The summed E-state index contributed by atoms with van der Waals surface area (Å²) in [7, 11) is 4.03.